The first-order chi connectivity index (χ1) is 12.3. The third-order valence-corrected chi connectivity index (χ3v) is 5.70. The zero-order chi connectivity index (χ0) is 19.2. The first-order valence-corrected chi connectivity index (χ1v) is 9.99. The van der Waals surface area contributed by atoms with E-state index in [4.69, 9.17) is 5.11 Å². The Hall–Kier alpha value is -1.83. The van der Waals surface area contributed by atoms with Crippen molar-refractivity contribution in [3.05, 3.63) is 58.2 Å². The minimum Gasteiger partial charge on any atom is -0.478 e. The van der Waals surface area contributed by atoms with Crippen LogP contribution in [0.15, 0.2) is 58.2 Å². The predicted octanol–water partition coefficient (Wildman–Crippen LogP) is 6.92. The number of aliphatic carboxylic acids is 1. The molecule has 0 unspecified atom stereocenters. The van der Waals surface area contributed by atoms with Gasteiger partial charge in [0, 0.05) is 6.08 Å². The molecule has 0 fully saturated rings. The predicted molar refractivity (Wildman–Crippen MR) is 110 cm³/mol. The fourth-order valence-electron chi connectivity index (χ4n) is 4.18. The van der Waals surface area contributed by atoms with E-state index < -0.39 is 5.97 Å². The molecule has 0 spiro atoms. The van der Waals surface area contributed by atoms with Gasteiger partial charge in [0.25, 0.3) is 0 Å². The fraction of sp³-hybridized carbons (Fsp3) is 0.542. The first-order valence-electron chi connectivity index (χ1n) is 9.99. The van der Waals surface area contributed by atoms with Crippen LogP contribution in [0.1, 0.15) is 79.1 Å². The molecule has 0 saturated heterocycles. The first kappa shape index (κ1) is 20.5. The molecule has 142 valence electrons. The van der Waals surface area contributed by atoms with Crippen LogP contribution in [-0.2, 0) is 4.79 Å². The van der Waals surface area contributed by atoms with Crippen LogP contribution >= 0.6 is 0 Å². The summed E-state index contributed by atoms with van der Waals surface area (Å²) in [6.45, 7) is 8.84. The molecule has 2 heteroatoms. The lowest BCUT2D eigenvalue weighted by Gasteiger charge is -2.33. The highest BCUT2D eigenvalue weighted by Gasteiger charge is 2.26. The van der Waals surface area contributed by atoms with Crippen LogP contribution in [0.4, 0.5) is 0 Å². The summed E-state index contributed by atoms with van der Waals surface area (Å²) in [4.78, 5) is 10.8. The van der Waals surface area contributed by atoms with E-state index in [9.17, 15) is 4.79 Å². The van der Waals surface area contributed by atoms with E-state index in [-0.39, 0.29) is 5.41 Å². The molecule has 0 aromatic rings. The number of hydrogen-bond donors (Lipinski definition) is 1. The van der Waals surface area contributed by atoms with E-state index in [1.54, 1.807) is 0 Å². The van der Waals surface area contributed by atoms with Crippen LogP contribution < -0.4 is 0 Å². The Kier molecular flexibility index (Phi) is 7.25. The van der Waals surface area contributed by atoms with E-state index >= 15 is 0 Å². The number of hydrogen-bond acceptors (Lipinski definition) is 1. The molecule has 0 aromatic heterocycles. The van der Waals surface area contributed by atoms with Gasteiger partial charge >= 0.3 is 5.97 Å². The summed E-state index contributed by atoms with van der Waals surface area (Å²) in [5.41, 5.74) is 6.87. The summed E-state index contributed by atoms with van der Waals surface area (Å²) in [5, 5.41) is 8.88. The maximum Gasteiger partial charge on any atom is 0.328 e. The number of carbonyl (C=O) groups is 1. The summed E-state index contributed by atoms with van der Waals surface area (Å²) < 4.78 is 0. The van der Waals surface area contributed by atoms with Crippen molar-refractivity contribution in [3.8, 4) is 0 Å². The topological polar surface area (TPSA) is 37.3 Å². The molecule has 0 atom stereocenters. The molecule has 0 radical (unpaired) electrons. The minimum atomic E-state index is -0.885. The molecule has 26 heavy (non-hydrogen) atoms. The number of carboxylic acids is 1. The van der Waals surface area contributed by atoms with Crippen molar-refractivity contribution in [2.75, 3.05) is 0 Å². The summed E-state index contributed by atoms with van der Waals surface area (Å²) >= 11 is 0. The van der Waals surface area contributed by atoms with Crippen LogP contribution in [0, 0.1) is 5.41 Å². The highest BCUT2D eigenvalue weighted by Crippen LogP contribution is 2.41. The van der Waals surface area contributed by atoms with Crippen molar-refractivity contribution in [1.82, 2.24) is 0 Å². The largest absolute Gasteiger partial charge is 0.478 e. The number of rotatable bonds is 5. The Labute approximate surface area is 159 Å². The fourth-order valence-corrected chi connectivity index (χ4v) is 4.18. The molecule has 2 rings (SSSR count). The average Bonchev–Trinajstić information content (AvgIpc) is 2.76. The lowest BCUT2D eigenvalue weighted by atomic mass is 9.72. The third kappa shape index (κ3) is 5.86. The lowest BCUT2D eigenvalue weighted by molar-refractivity contribution is -0.131. The van der Waals surface area contributed by atoms with E-state index in [0.29, 0.717) is 0 Å². The van der Waals surface area contributed by atoms with Gasteiger partial charge in [-0.3, -0.25) is 0 Å². The standard InChI is InChI=1S/C24H34O2/c1-18(17-23(25)26)12-13-20-10-6-5-7-11-21(20)14-15-22-19(2)9-8-16-24(22,3)4/h12-15,17H,5-11,16H2,1-4H3,(H,25,26). The third-order valence-electron chi connectivity index (χ3n) is 5.70. The van der Waals surface area contributed by atoms with Gasteiger partial charge in [-0.1, -0.05) is 50.1 Å². The van der Waals surface area contributed by atoms with Crippen molar-refractivity contribution in [2.45, 2.75) is 79.1 Å². The van der Waals surface area contributed by atoms with Gasteiger partial charge in [-0.15, -0.1) is 0 Å². The average molecular weight is 355 g/mol. The van der Waals surface area contributed by atoms with Crippen molar-refractivity contribution < 1.29 is 9.90 Å². The van der Waals surface area contributed by atoms with Crippen molar-refractivity contribution >= 4 is 5.97 Å². The molecule has 0 amide bonds. The van der Waals surface area contributed by atoms with Gasteiger partial charge in [-0.05, 0) is 86.5 Å². The second-order valence-electron chi connectivity index (χ2n) is 8.44. The maximum absolute atomic E-state index is 10.8. The molecule has 0 saturated carbocycles. The van der Waals surface area contributed by atoms with Crippen molar-refractivity contribution in [3.63, 3.8) is 0 Å². The van der Waals surface area contributed by atoms with Gasteiger partial charge in [0.1, 0.15) is 0 Å². The van der Waals surface area contributed by atoms with Crippen LogP contribution in [-0.4, -0.2) is 11.1 Å². The van der Waals surface area contributed by atoms with Crippen molar-refractivity contribution in [2.24, 2.45) is 5.41 Å². The van der Waals surface area contributed by atoms with Gasteiger partial charge in [0.2, 0.25) is 0 Å². The van der Waals surface area contributed by atoms with Crippen LogP contribution in [0.5, 0.6) is 0 Å². The summed E-state index contributed by atoms with van der Waals surface area (Å²) in [5.74, 6) is -0.885. The highest BCUT2D eigenvalue weighted by molar-refractivity contribution is 5.81. The molecule has 1 N–H and O–H groups in total. The van der Waals surface area contributed by atoms with Crippen molar-refractivity contribution in [1.29, 1.82) is 0 Å². The zero-order valence-electron chi connectivity index (χ0n) is 16.9. The van der Waals surface area contributed by atoms with Crippen LogP contribution in [0.3, 0.4) is 0 Å². The second kappa shape index (κ2) is 9.21. The van der Waals surface area contributed by atoms with Crippen LogP contribution in [0.25, 0.3) is 0 Å². The Morgan fingerprint density at radius 1 is 0.962 bits per heavy atom. The van der Waals surface area contributed by atoms with Gasteiger partial charge in [0.15, 0.2) is 0 Å². The summed E-state index contributed by atoms with van der Waals surface area (Å²) in [7, 11) is 0. The smallest absolute Gasteiger partial charge is 0.328 e. The quantitative estimate of drug-likeness (QED) is 0.430. The second-order valence-corrected chi connectivity index (χ2v) is 8.44. The van der Waals surface area contributed by atoms with E-state index in [1.165, 1.54) is 66.9 Å². The van der Waals surface area contributed by atoms with Gasteiger partial charge in [0.05, 0.1) is 0 Å². The lowest BCUT2D eigenvalue weighted by Crippen LogP contribution is -2.19. The Bertz CT molecular complexity index is 681. The maximum atomic E-state index is 10.8. The molecular formula is C24H34O2. The molecule has 0 aliphatic heterocycles. The molecule has 0 aromatic carbocycles. The Balaban J connectivity index is 2.30. The normalized spacial score (nSPS) is 22.4. The van der Waals surface area contributed by atoms with Gasteiger partial charge < -0.3 is 5.11 Å². The molecule has 0 heterocycles. The summed E-state index contributed by atoms with van der Waals surface area (Å²) in [6.07, 6.45) is 19.7. The minimum absolute atomic E-state index is 0.265. The van der Waals surface area contributed by atoms with E-state index in [1.807, 2.05) is 13.0 Å². The molecule has 2 aliphatic carbocycles. The SMILES string of the molecule is CC(C=CC1=C(C=CC2=C(C)CCCC2(C)C)CCCCC1)=CC(=O)O. The zero-order valence-corrected chi connectivity index (χ0v) is 16.9. The number of allylic oxidation sites excluding steroid dienone is 9. The van der Waals surface area contributed by atoms with Crippen LogP contribution in [0.2, 0.25) is 0 Å². The molecule has 0 bridgehead atoms. The Morgan fingerprint density at radius 2 is 1.62 bits per heavy atom. The number of carboxylic acid groups (broad SMARTS) is 1. The van der Waals surface area contributed by atoms with Gasteiger partial charge in [-0.2, -0.15) is 0 Å². The molecule has 2 aliphatic rings. The Morgan fingerprint density at radius 3 is 2.23 bits per heavy atom. The van der Waals surface area contributed by atoms with E-state index in [0.717, 1.165) is 18.4 Å². The van der Waals surface area contributed by atoms with Gasteiger partial charge in [-0.25, -0.2) is 4.79 Å². The van der Waals surface area contributed by atoms with E-state index in [2.05, 4.69) is 39.0 Å². The summed E-state index contributed by atoms with van der Waals surface area (Å²) in [6, 6.07) is 0. The molecule has 2 nitrogen and oxygen atoms in total. The monoisotopic (exact) mass is 354 g/mol. The molecular weight excluding hydrogens is 320 g/mol. The highest BCUT2D eigenvalue weighted by atomic mass is 16.4.